The lowest BCUT2D eigenvalue weighted by Gasteiger charge is -2.32. The van der Waals surface area contributed by atoms with E-state index < -0.39 is 24.2 Å². The van der Waals surface area contributed by atoms with Crippen molar-refractivity contribution in [2.75, 3.05) is 0 Å². The van der Waals surface area contributed by atoms with Gasteiger partial charge in [0, 0.05) is 30.1 Å². The van der Waals surface area contributed by atoms with Crippen LogP contribution in [0.1, 0.15) is 29.4 Å². The number of rotatable bonds is 3. The Morgan fingerprint density at radius 1 is 1.11 bits per heavy atom. The van der Waals surface area contributed by atoms with Gasteiger partial charge in [-0.15, -0.1) is 0 Å². The number of hydrogen-bond donors (Lipinski definition) is 1. The van der Waals surface area contributed by atoms with Crippen LogP contribution in [-0.2, 0) is 0 Å². The monoisotopic (exact) mass is 480 g/mol. The molecule has 0 fully saturated rings. The van der Waals surface area contributed by atoms with Crippen LogP contribution in [0, 0.1) is 6.92 Å². The number of hydrazone groups is 1. The number of carbonyl (C=O) groups excluding carboxylic acids is 1. The van der Waals surface area contributed by atoms with Gasteiger partial charge in [0.05, 0.1) is 28.0 Å². The molecule has 4 heterocycles. The summed E-state index contributed by atoms with van der Waals surface area (Å²) in [7, 11) is 0. The van der Waals surface area contributed by atoms with Crippen LogP contribution in [0.15, 0.2) is 66.0 Å². The normalized spacial score (nSPS) is 18.2. The second-order valence-electron chi connectivity index (χ2n) is 8.27. The summed E-state index contributed by atoms with van der Waals surface area (Å²) in [5.74, 6) is -1.12. The first-order chi connectivity index (χ1) is 16.6. The highest BCUT2D eigenvalue weighted by Crippen LogP contribution is 2.42. The summed E-state index contributed by atoms with van der Waals surface area (Å²) < 4.78 is 43.1. The molecule has 0 aliphatic carbocycles. The summed E-state index contributed by atoms with van der Waals surface area (Å²) in [6, 6.07) is 13.8. The molecule has 178 valence electrons. The third-order valence-electron chi connectivity index (χ3n) is 5.77. The predicted octanol–water partition coefficient (Wildman–Crippen LogP) is 4.26. The number of carbonyl (C=O) groups is 1. The second-order valence-corrected chi connectivity index (χ2v) is 8.27. The highest BCUT2D eigenvalue weighted by molar-refractivity contribution is 6.09. The molecule has 1 aromatic carbocycles. The van der Waals surface area contributed by atoms with Gasteiger partial charge < -0.3 is 5.11 Å². The zero-order valence-electron chi connectivity index (χ0n) is 18.7. The van der Waals surface area contributed by atoms with Gasteiger partial charge in [0.15, 0.2) is 5.65 Å². The van der Waals surface area contributed by atoms with Gasteiger partial charge in [0.2, 0.25) is 0 Å². The fraction of sp³-hybridized carbons (Fsp3) is 0.208. The Kier molecular flexibility index (Phi) is 5.17. The highest BCUT2D eigenvalue weighted by Gasteiger charge is 2.63. The minimum atomic E-state index is -5.12. The molecule has 0 radical (unpaired) electrons. The number of aryl methyl sites for hydroxylation is 1. The third kappa shape index (κ3) is 3.64. The molecule has 5 rings (SSSR count). The summed E-state index contributed by atoms with van der Waals surface area (Å²) >= 11 is 0. The van der Waals surface area contributed by atoms with Gasteiger partial charge >= 0.3 is 6.18 Å². The first kappa shape index (κ1) is 22.7. The van der Waals surface area contributed by atoms with Crippen molar-refractivity contribution < 1.29 is 23.1 Å². The molecule has 8 nitrogen and oxygen atoms in total. The van der Waals surface area contributed by atoms with E-state index in [0.717, 1.165) is 0 Å². The molecule has 11 heteroatoms. The second kappa shape index (κ2) is 7.98. The smallest absolute Gasteiger partial charge is 0.362 e. The Morgan fingerprint density at radius 2 is 1.86 bits per heavy atom. The van der Waals surface area contributed by atoms with Crippen molar-refractivity contribution in [1.29, 1.82) is 0 Å². The third-order valence-corrected chi connectivity index (χ3v) is 5.77. The first-order valence-corrected chi connectivity index (χ1v) is 10.6. The van der Waals surface area contributed by atoms with E-state index in [9.17, 15) is 23.1 Å². The summed E-state index contributed by atoms with van der Waals surface area (Å²) in [5.41, 5.74) is -1.43. The number of aromatic nitrogens is 4. The van der Waals surface area contributed by atoms with E-state index in [2.05, 4.69) is 20.2 Å². The van der Waals surface area contributed by atoms with Crippen molar-refractivity contribution in [3.8, 4) is 16.9 Å². The molecule has 0 bridgehead atoms. The van der Waals surface area contributed by atoms with Crippen LogP contribution in [0.2, 0.25) is 0 Å². The average molecular weight is 480 g/mol. The number of para-hydroxylation sites is 1. The Morgan fingerprint density at radius 3 is 2.51 bits per heavy atom. The van der Waals surface area contributed by atoms with E-state index in [1.54, 1.807) is 49.5 Å². The van der Waals surface area contributed by atoms with Crippen molar-refractivity contribution in [2.45, 2.75) is 32.2 Å². The lowest BCUT2D eigenvalue weighted by atomic mass is 10.0. The zero-order chi connectivity index (χ0) is 25.0. The molecule has 1 N–H and O–H groups in total. The number of halogens is 3. The minimum Gasteiger partial charge on any atom is -0.362 e. The largest absolute Gasteiger partial charge is 0.438 e. The number of pyridine rings is 2. The summed E-state index contributed by atoms with van der Waals surface area (Å²) in [6.45, 7) is 2.96. The maximum absolute atomic E-state index is 13.9. The Hall–Kier alpha value is -4.12. The Labute approximate surface area is 197 Å². The summed E-state index contributed by atoms with van der Waals surface area (Å²) in [6.07, 6.45) is -2.86. The van der Waals surface area contributed by atoms with Crippen molar-refractivity contribution in [2.24, 2.45) is 5.10 Å². The van der Waals surface area contributed by atoms with Crippen LogP contribution in [-0.4, -0.2) is 53.4 Å². The van der Waals surface area contributed by atoms with Crippen LogP contribution in [0.4, 0.5) is 13.2 Å². The number of aliphatic hydroxyl groups is 1. The minimum absolute atomic E-state index is 0.0207. The van der Waals surface area contributed by atoms with E-state index in [1.807, 2.05) is 6.07 Å². The fourth-order valence-electron chi connectivity index (χ4n) is 4.14. The zero-order valence-corrected chi connectivity index (χ0v) is 18.7. The van der Waals surface area contributed by atoms with Crippen molar-refractivity contribution >= 4 is 22.7 Å². The van der Waals surface area contributed by atoms with E-state index in [-0.39, 0.29) is 27.3 Å². The van der Waals surface area contributed by atoms with Gasteiger partial charge in [-0.1, -0.05) is 18.2 Å². The number of amides is 1. The molecule has 0 spiro atoms. The van der Waals surface area contributed by atoms with Gasteiger partial charge in [0.1, 0.15) is 0 Å². The number of hydrogen-bond acceptors (Lipinski definition) is 6. The number of nitrogens with zero attached hydrogens (tertiary/aromatic N) is 6. The predicted molar refractivity (Wildman–Crippen MR) is 122 cm³/mol. The van der Waals surface area contributed by atoms with Crippen LogP contribution in [0.25, 0.3) is 28.0 Å². The standard InChI is InChI=1S/C24H19F3N6O2/c1-14-12-23(35,24(25,26)27)33(30-14)22(34)18-11-19(16-7-6-10-28-13-16)29-21-20(18)15(2)31-32(21)17-8-4-3-5-9-17/h3-11,13,35H,12H2,1-2H3. The topological polar surface area (TPSA) is 96.5 Å². The Bertz CT molecular complexity index is 1470. The molecule has 0 saturated carbocycles. The van der Waals surface area contributed by atoms with Gasteiger partial charge in [-0.05, 0) is 44.2 Å². The molecular formula is C24H19F3N6O2. The van der Waals surface area contributed by atoms with Gasteiger partial charge in [0.25, 0.3) is 11.6 Å². The molecule has 1 aliphatic rings. The quantitative estimate of drug-likeness (QED) is 0.473. The fourth-order valence-corrected chi connectivity index (χ4v) is 4.14. The highest BCUT2D eigenvalue weighted by atomic mass is 19.4. The van der Waals surface area contributed by atoms with E-state index >= 15 is 0 Å². The maximum atomic E-state index is 13.9. The van der Waals surface area contributed by atoms with Crippen molar-refractivity contribution in [3.63, 3.8) is 0 Å². The van der Waals surface area contributed by atoms with E-state index in [4.69, 9.17) is 0 Å². The molecule has 4 aromatic rings. The van der Waals surface area contributed by atoms with Crippen molar-refractivity contribution in [1.82, 2.24) is 24.8 Å². The van der Waals surface area contributed by atoms with Crippen LogP contribution >= 0.6 is 0 Å². The number of benzene rings is 1. The van der Waals surface area contributed by atoms with E-state index in [1.165, 1.54) is 23.9 Å². The maximum Gasteiger partial charge on any atom is 0.438 e. The Balaban J connectivity index is 1.78. The molecule has 1 amide bonds. The lowest BCUT2D eigenvalue weighted by Crippen LogP contribution is -2.56. The average Bonchev–Trinajstić information content (AvgIpc) is 3.35. The van der Waals surface area contributed by atoms with E-state index in [0.29, 0.717) is 22.6 Å². The molecule has 1 unspecified atom stereocenters. The van der Waals surface area contributed by atoms with Gasteiger partial charge in [-0.2, -0.15) is 28.4 Å². The van der Waals surface area contributed by atoms with Gasteiger partial charge in [-0.3, -0.25) is 9.78 Å². The first-order valence-electron chi connectivity index (χ1n) is 10.6. The SMILES string of the molecule is CC1=NN(C(=O)c2cc(-c3cccnc3)nc3c2c(C)nn3-c2ccccc2)C(O)(C(F)(F)F)C1. The summed E-state index contributed by atoms with van der Waals surface area (Å²) in [5, 5.41) is 19.2. The molecule has 35 heavy (non-hydrogen) atoms. The molecule has 1 atom stereocenters. The number of fused-ring (bicyclic) bond motifs is 1. The number of alkyl halides is 3. The van der Waals surface area contributed by atoms with Crippen LogP contribution in [0.3, 0.4) is 0 Å². The molecule has 1 aliphatic heterocycles. The summed E-state index contributed by atoms with van der Waals surface area (Å²) in [4.78, 5) is 22.4. The van der Waals surface area contributed by atoms with Gasteiger partial charge in [-0.25, -0.2) is 9.67 Å². The van der Waals surface area contributed by atoms with Crippen LogP contribution in [0.5, 0.6) is 0 Å². The van der Waals surface area contributed by atoms with Crippen LogP contribution < -0.4 is 0 Å². The molecular weight excluding hydrogens is 461 g/mol. The molecule has 0 saturated heterocycles. The lowest BCUT2D eigenvalue weighted by molar-refractivity contribution is -0.297. The van der Waals surface area contributed by atoms with Crippen molar-refractivity contribution in [3.05, 3.63) is 72.2 Å². The molecule has 3 aromatic heterocycles.